The van der Waals surface area contributed by atoms with Crippen molar-refractivity contribution in [2.75, 3.05) is 38.7 Å². The van der Waals surface area contributed by atoms with Crippen molar-refractivity contribution in [2.45, 2.75) is 24.4 Å². The smallest absolute Gasteiger partial charge is 0.233 e. The number of rotatable bonds is 4. The Kier molecular flexibility index (Phi) is 4.36. The number of hydrogen-bond acceptors (Lipinski definition) is 5. The molecule has 1 saturated heterocycles. The molecule has 1 amide bonds. The van der Waals surface area contributed by atoms with Crippen molar-refractivity contribution >= 4 is 11.9 Å². The second-order valence-electron chi connectivity index (χ2n) is 7.23. The van der Waals surface area contributed by atoms with Crippen LogP contribution in [0.4, 0.5) is 5.95 Å². The first-order valence-electron chi connectivity index (χ1n) is 9.07. The summed E-state index contributed by atoms with van der Waals surface area (Å²) in [6.45, 7) is 1.70. The van der Waals surface area contributed by atoms with Crippen LogP contribution >= 0.6 is 0 Å². The normalized spacial score (nSPS) is 21.3. The van der Waals surface area contributed by atoms with Crippen LogP contribution in [0.2, 0.25) is 0 Å². The van der Waals surface area contributed by atoms with E-state index in [1.165, 1.54) is 0 Å². The molecule has 2 fully saturated rings. The maximum Gasteiger partial charge on any atom is 0.233 e. The van der Waals surface area contributed by atoms with Gasteiger partial charge in [0.15, 0.2) is 0 Å². The molecule has 1 aliphatic carbocycles. The molecule has 2 heterocycles. The number of carbonyl (C=O) groups is 1. The summed E-state index contributed by atoms with van der Waals surface area (Å²) >= 11 is 0. The molecule has 2 aromatic rings. The monoisotopic (exact) mass is 352 g/mol. The van der Waals surface area contributed by atoms with E-state index in [0.717, 1.165) is 24.1 Å². The minimum atomic E-state index is -0.330. The lowest BCUT2D eigenvalue weighted by Gasteiger charge is -2.35. The Bertz CT molecular complexity index is 789. The Morgan fingerprint density at radius 1 is 1.23 bits per heavy atom. The van der Waals surface area contributed by atoms with Crippen molar-refractivity contribution < 1.29 is 9.53 Å². The Balaban J connectivity index is 1.52. The van der Waals surface area contributed by atoms with E-state index < -0.39 is 0 Å². The highest BCUT2D eigenvalue weighted by molar-refractivity contribution is 5.91. The molecule has 0 unspecified atom stereocenters. The van der Waals surface area contributed by atoms with E-state index in [4.69, 9.17) is 4.74 Å². The van der Waals surface area contributed by atoms with Gasteiger partial charge in [0.25, 0.3) is 0 Å². The zero-order chi connectivity index (χ0) is 18.1. The van der Waals surface area contributed by atoms with Gasteiger partial charge in [-0.05, 0) is 24.5 Å². The number of morpholine rings is 1. The molecule has 6 heteroatoms. The lowest BCUT2D eigenvalue weighted by Crippen LogP contribution is -2.47. The molecule has 0 spiro atoms. The van der Waals surface area contributed by atoms with Gasteiger partial charge in [0.1, 0.15) is 6.10 Å². The number of hydrogen-bond donors (Lipinski definition) is 0. The minimum absolute atomic E-state index is 0.207. The largest absolute Gasteiger partial charge is 0.368 e. The van der Waals surface area contributed by atoms with Gasteiger partial charge in [0.05, 0.1) is 24.3 Å². The quantitative estimate of drug-likeness (QED) is 0.844. The zero-order valence-electron chi connectivity index (χ0n) is 15.3. The number of benzene rings is 1. The molecule has 6 nitrogen and oxygen atoms in total. The molecule has 0 bridgehead atoms. The highest BCUT2D eigenvalue weighted by Crippen LogP contribution is 2.49. The van der Waals surface area contributed by atoms with E-state index in [0.29, 0.717) is 25.6 Å². The van der Waals surface area contributed by atoms with Crippen LogP contribution in [0, 0.1) is 0 Å². The van der Waals surface area contributed by atoms with Crippen molar-refractivity contribution in [3.8, 4) is 0 Å². The third kappa shape index (κ3) is 3.05. The highest BCUT2D eigenvalue weighted by atomic mass is 16.5. The molecule has 4 rings (SSSR count). The third-order valence-corrected chi connectivity index (χ3v) is 5.23. The van der Waals surface area contributed by atoms with Crippen LogP contribution in [0.5, 0.6) is 0 Å². The van der Waals surface area contributed by atoms with E-state index in [1.54, 1.807) is 6.20 Å². The number of anilines is 1. The first kappa shape index (κ1) is 17.0. The molecule has 136 valence electrons. The molecule has 1 aromatic heterocycles. The molecular weight excluding hydrogens is 328 g/mol. The molecule has 2 aliphatic rings. The Morgan fingerprint density at radius 3 is 2.69 bits per heavy atom. The van der Waals surface area contributed by atoms with Gasteiger partial charge in [0.2, 0.25) is 11.9 Å². The maximum absolute atomic E-state index is 13.3. The molecule has 1 aliphatic heterocycles. The van der Waals surface area contributed by atoms with E-state index in [1.807, 2.05) is 48.2 Å². The zero-order valence-corrected chi connectivity index (χ0v) is 15.3. The molecule has 26 heavy (non-hydrogen) atoms. The van der Waals surface area contributed by atoms with Crippen molar-refractivity contribution in [3.63, 3.8) is 0 Å². The van der Waals surface area contributed by atoms with Crippen molar-refractivity contribution in [3.05, 3.63) is 53.9 Å². The third-order valence-electron chi connectivity index (χ3n) is 5.23. The standard InChI is InChI=1S/C20H24N4O2/c1-23(2)19-21-11-8-16(22-19)17-14-24(12-13-26-17)18(25)20(9-10-20)15-6-4-3-5-7-15/h3-8,11,17H,9-10,12-14H2,1-2H3/t17-/m1/s1. The summed E-state index contributed by atoms with van der Waals surface area (Å²) in [6, 6.07) is 12.0. The maximum atomic E-state index is 13.3. The van der Waals surface area contributed by atoms with Crippen LogP contribution in [0.3, 0.4) is 0 Å². The van der Waals surface area contributed by atoms with Gasteiger partial charge in [-0.25, -0.2) is 9.97 Å². The van der Waals surface area contributed by atoms with Gasteiger partial charge in [0, 0.05) is 26.8 Å². The fraction of sp³-hybridized carbons (Fsp3) is 0.450. The molecule has 1 atom stereocenters. The summed E-state index contributed by atoms with van der Waals surface area (Å²) in [7, 11) is 3.82. The van der Waals surface area contributed by atoms with E-state index in [2.05, 4.69) is 22.1 Å². The topological polar surface area (TPSA) is 58.6 Å². The molecule has 1 saturated carbocycles. The van der Waals surface area contributed by atoms with Crippen LogP contribution in [0.1, 0.15) is 30.2 Å². The van der Waals surface area contributed by atoms with Gasteiger partial charge in [-0.15, -0.1) is 0 Å². The number of aromatic nitrogens is 2. The van der Waals surface area contributed by atoms with Gasteiger partial charge < -0.3 is 14.5 Å². The average Bonchev–Trinajstić information content (AvgIpc) is 3.50. The van der Waals surface area contributed by atoms with Gasteiger partial charge >= 0.3 is 0 Å². The minimum Gasteiger partial charge on any atom is -0.368 e. The number of amides is 1. The van der Waals surface area contributed by atoms with E-state index >= 15 is 0 Å². The highest BCUT2D eigenvalue weighted by Gasteiger charge is 2.53. The van der Waals surface area contributed by atoms with E-state index in [9.17, 15) is 4.79 Å². The first-order valence-corrected chi connectivity index (χ1v) is 9.07. The summed E-state index contributed by atoms with van der Waals surface area (Å²) in [5.74, 6) is 0.872. The fourth-order valence-corrected chi connectivity index (χ4v) is 3.58. The number of ether oxygens (including phenoxy) is 1. The lowest BCUT2D eigenvalue weighted by molar-refractivity contribution is -0.142. The lowest BCUT2D eigenvalue weighted by atomic mass is 9.94. The summed E-state index contributed by atoms with van der Waals surface area (Å²) < 4.78 is 5.92. The van der Waals surface area contributed by atoms with Gasteiger partial charge in [-0.3, -0.25) is 4.79 Å². The fourth-order valence-electron chi connectivity index (χ4n) is 3.58. The Morgan fingerprint density at radius 2 is 2.00 bits per heavy atom. The number of carbonyl (C=O) groups excluding carboxylic acids is 1. The van der Waals surface area contributed by atoms with Crippen LogP contribution in [-0.4, -0.2) is 54.6 Å². The molecule has 1 aromatic carbocycles. The van der Waals surface area contributed by atoms with Gasteiger partial charge in [-0.2, -0.15) is 0 Å². The predicted octanol–water partition coefficient (Wildman–Crippen LogP) is 2.17. The molecular formula is C20H24N4O2. The molecule has 0 N–H and O–H groups in total. The second-order valence-corrected chi connectivity index (χ2v) is 7.23. The summed E-state index contributed by atoms with van der Waals surface area (Å²) in [5, 5.41) is 0. The molecule has 0 radical (unpaired) electrons. The van der Waals surface area contributed by atoms with Crippen molar-refractivity contribution in [1.82, 2.24) is 14.9 Å². The van der Waals surface area contributed by atoms with Crippen LogP contribution < -0.4 is 4.90 Å². The Hall–Kier alpha value is -2.47. The first-order chi connectivity index (χ1) is 12.6. The summed E-state index contributed by atoms with van der Waals surface area (Å²) in [6.07, 6.45) is 3.39. The summed E-state index contributed by atoms with van der Waals surface area (Å²) in [5.41, 5.74) is 1.62. The Labute approximate surface area is 153 Å². The van der Waals surface area contributed by atoms with Crippen LogP contribution in [0.15, 0.2) is 42.6 Å². The second kappa shape index (κ2) is 6.68. The summed E-state index contributed by atoms with van der Waals surface area (Å²) in [4.78, 5) is 25.9. The SMILES string of the molecule is CN(C)c1nccc([C@H]2CN(C(=O)C3(c4ccccc4)CC3)CCO2)n1. The van der Waals surface area contributed by atoms with Crippen molar-refractivity contribution in [2.24, 2.45) is 0 Å². The van der Waals surface area contributed by atoms with Gasteiger partial charge in [-0.1, -0.05) is 30.3 Å². The number of nitrogens with zero attached hydrogens (tertiary/aromatic N) is 4. The van der Waals surface area contributed by atoms with Crippen molar-refractivity contribution in [1.29, 1.82) is 0 Å². The van der Waals surface area contributed by atoms with Crippen LogP contribution in [-0.2, 0) is 14.9 Å². The van der Waals surface area contributed by atoms with E-state index in [-0.39, 0.29) is 17.4 Å². The van der Waals surface area contributed by atoms with Crippen LogP contribution in [0.25, 0.3) is 0 Å². The predicted molar refractivity (Wildman–Crippen MR) is 99.0 cm³/mol. The average molecular weight is 352 g/mol.